The molecular weight excluding hydrogens is 266 g/mol. The van der Waals surface area contributed by atoms with Gasteiger partial charge in [0.15, 0.2) is 0 Å². The van der Waals surface area contributed by atoms with Gasteiger partial charge in [-0.05, 0) is 35.9 Å². The van der Waals surface area contributed by atoms with Gasteiger partial charge in [0.1, 0.15) is 5.75 Å². The molecule has 94 valence electrons. The minimum Gasteiger partial charge on any atom is -0.496 e. The lowest BCUT2D eigenvalue weighted by Crippen LogP contribution is -1.93. The topological polar surface area (TPSA) is 35.2 Å². The molecule has 0 spiro atoms. The third-order valence-electron chi connectivity index (χ3n) is 2.56. The summed E-state index contributed by atoms with van der Waals surface area (Å²) in [7, 11) is 1.67. The molecule has 0 bridgehead atoms. The number of thioether (sulfide) groups is 1. The number of halogens is 1. The van der Waals surface area contributed by atoms with Crippen LogP contribution in [0.5, 0.6) is 5.75 Å². The van der Waals surface area contributed by atoms with Crippen LogP contribution in [0.3, 0.4) is 0 Å². The number of benzene rings is 2. The van der Waals surface area contributed by atoms with E-state index in [1.807, 2.05) is 36.4 Å². The number of methoxy groups -OCH3 is 1. The van der Waals surface area contributed by atoms with Crippen molar-refractivity contribution in [1.82, 2.24) is 0 Å². The van der Waals surface area contributed by atoms with Gasteiger partial charge in [-0.15, -0.1) is 11.8 Å². The van der Waals surface area contributed by atoms with Crippen LogP contribution < -0.4 is 10.5 Å². The second-order valence-electron chi connectivity index (χ2n) is 3.78. The molecule has 0 unspecified atom stereocenters. The summed E-state index contributed by atoms with van der Waals surface area (Å²) in [5, 5.41) is 0.708. The fourth-order valence-electron chi connectivity index (χ4n) is 1.59. The number of ether oxygens (including phenoxy) is 1. The molecule has 0 aliphatic carbocycles. The number of hydrogen-bond donors (Lipinski definition) is 1. The van der Waals surface area contributed by atoms with Gasteiger partial charge in [0, 0.05) is 21.4 Å². The van der Waals surface area contributed by atoms with Crippen molar-refractivity contribution in [3.8, 4) is 5.75 Å². The van der Waals surface area contributed by atoms with E-state index in [-0.39, 0.29) is 0 Å². The Kier molecular flexibility index (Phi) is 4.39. The molecule has 0 fully saturated rings. The number of hydrogen-bond acceptors (Lipinski definition) is 3. The lowest BCUT2D eigenvalue weighted by molar-refractivity contribution is 0.405. The van der Waals surface area contributed by atoms with E-state index in [1.54, 1.807) is 24.9 Å². The molecule has 2 aromatic rings. The van der Waals surface area contributed by atoms with Crippen LogP contribution in [0.25, 0.3) is 0 Å². The fraction of sp³-hybridized carbons (Fsp3) is 0.143. The van der Waals surface area contributed by atoms with Crippen molar-refractivity contribution in [2.45, 2.75) is 10.6 Å². The molecule has 0 saturated carbocycles. The maximum absolute atomic E-state index is 5.97. The van der Waals surface area contributed by atoms with Crippen molar-refractivity contribution >= 4 is 29.1 Å². The average Bonchev–Trinajstić information content (AvgIpc) is 2.40. The Bertz CT molecular complexity index is 545. The zero-order valence-corrected chi connectivity index (χ0v) is 11.6. The first kappa shape index (κ1) is 13.1. The smallest absolute Gasteiger partial charge is 0.132 e. The second kappa shape index (κ2) is 6.03. The Morgan fingerprint density at radius 3 is 2.78 bits per heavy atom. The monoisotopic (exact) mass is 279 g/mol. The molecular formula is C14H14ClNOS. The van der Waals surface area contributed by atoms with Crippen molar-refractivity contribution in [1.29, 1.82) is 0 Å². The van der Waals surface area contributed by atoms with Crippen molar-refractivity contribution < 1.29 is 4.74 Å². The molecule has 18 heavy (non-hydrogen) atoms. The van der Waals surface area contributed by atoms with Gasteiger partial charge in [0.25, 0.3) is 0 Å². The number of anilines is 1. The predicted molar refractivity (Wildman–Crippen MR) is 78.4 cm³/mol. The average molecular weight is 280 g/mol. The summed E-state index contributed by atoms with van der Waals surface area (Å²) < 4.78 is 5.31. The van der Waals surface area contributed by atoms with Crippen LogP contribution in [0.4, 0.5) is 5.69 Å². The van der Waals surface area contributed by atoms with E-state index >= 15 is 0 Å². The molecule has 0 heterocycles. The van der Waals surface area contributed by atoms with Crippen LogP contribution >= 0.6 is 23.4 Å². The lowest BCUT2D eigenvalue weighted by Gasteiger charge is -2.09. The van der Waals surface area contributed by atoms with Gasteiger partial charge in [-0.3, -0.25) is 0 Å². The minimum absolute atomic E-state index is 0.708. The molecule has 2 aromatic carbocycles. The van der Waals surface area contributed by atoms with Crippen molar-refractivity contribution in [2.75, 3.05) is 12.8 Å². The third kappa shape index (κ3) is 3.12. The minimum atomic E-state index is 0.708. The summed E-state index contributed by atoms with van der Waals surface area (Å²) in [6, 6.07) is 13.5. The Morgan fingerprint density at radius 1 is 1.22 bits per heavy atom. The number of nitrogen functional groups attached to an aromatic ring is 1. The SMILES string of the molecule is COc1ccccc1SCc1cc(Cl)ccc1N. The Balaban J connectivity index is 2.14. The first-order valence-corrected chi connectivity index (χ1v) is 6.87. The van der Waals surface area contributed by atoms with E-state index in [2.05, 4.69) is 0 Å². The van der Waals surface area contributed by atoms with E-state index in [4.69, 9.17) is 22.1 Å². The summed E-state index contributed by atoms with van der Waals surface area (Å²) in [4.78, 5) is 1.10. The summed E-state index contributed by atoms with van der Waals surface area (Å²) in [5.41, 5.74) is 7.73. The number of para-hydroxylation sites is 1. The highest BCUT2D eigenvalue weighted by Gasteiger charge is 2.05. The van der Waals surface area contributed by atoms with Crippen molar-refractivity contribution in [3.05, 3.63) is 53.1 Å². The summed E-state index contributed by atoms with van der Waals surface area (Å²) >= 11 is 7.65. The van der Waals surface area contributed by atoms with E-state index in [9.17, 15) is 0 Å². The predicted octanol–water partition coefficient (Wildman–Crippen LogP) is 4.22. The van der Waals surface area contributed by atoms with Crippen LogP contribution in [-0.2, 0) is 5.75 Å². The first-order chi connectivity index (χ1) is 8.70. The highest BCUT2D eigenvalue weighted by molar-refractivity contribution is 7.98. The zero-order valence-electron chi connectivity index (χ0n) is 10.0. The van der Waals surface area contributed by atoms with E-state index in [0.717, 1.165) is 27.6 Å². The van der Waals surface area contributed by atoms with Gasteiger partial charge in [-0.25, -0.2) is 0 Å². The van der Waals surface area contributed by atoms with E-state index in [0.29, 0.717) is 5.02 Å². The molecule has 0 aromatic heterocycles. The molecule has 0 atom stereocenters. The molecule has 0 radical (unpaired) electrons. The molecule has 0 amide bonds. The third-order valence-corrected chi connectivity index (χ3v) is 3.90. The molecule has 4 heteroatoms. The molecule has 2 N–H and O–H groups in total. The summed E-state index contributed by atoms with van der Waals surface area (Å²) in [6.45, 7) is 0. The maximum Gasteiger partial charge on any atom is 0.132 e. The molecule has 0 aliphatic rings. The zero-order chi connectivity index (χ0) is 13.0. The normalized spacial score (nSPS) is 10.3. The van der Waals surface area contributed by atoms with Gasteiger partial charge in [0.05, 0.1) is 7.11 Å². The Morgan fingerprint density at radius 2 is 2.00 bits per heavy atom. The summed E-state index contributed by atoms with van der Waals surface area (Å²) in [5.74, 6) is 1.65. The van der Waals surface area contributed by atoms with E-state index in [1.165, 1.54) is 0 Å². The van der Waals surface area contributed by atoms with E-state index < -0.39 is 0 Å². The Labute approximate surface area is 116 Å². The maximum atomic E-state index is 5.97. The molecule has 2 nitrogen and oxygen atoms in total. The largest absolute Gasteiger partial charge is 0.496 e. The van der Waals surface area contributed by atoms with Gasteiger partial charge in [0.2, 0.25) is 0 Å². The van der Waals surface area contributed by atoms with Crippen molar-refractivity contribution in [3.63, 3.8) is 0 Å². The highest BCUT2D eigenvalue weighted by atomic mass is 35.5. The van der Waals surface area contributed by atoms with Crippen LogP contribution in [0.15, 0.2) is 47.4 Å². The molecule has 0 aliphatic heterocycles. The van der Waals surface area contributed by atoms with Gasteiger partial charge in [-0.1, -0.05) is 23.7 Å². The number of rotatable bonds is 4. The van der Waals surface area contributed by atoms with Crippen molar-refractivity contribution in [2.24, 2.45) is 0 Å². The van der Waals surface area contributed by atoms with Crippen LogP contribution in [-0.4, -0.2) is 7.11 Å². The summed E-state index contributed by atoms with van der Waals surface area (Å²) in [6.07, 6.45) is 0. The van der Waals surface area contributed by atoms with Crippen LogP contribution in [0, 0.1) is 0 Å². The Hall–Kier alpha value is -1.32. The van der Waals surface area contributed by atoms with Crippen LogP contribution in [0.1, 0.15) is 5.56 Å². The second-order valence-corrected chi connectivity index (χ2v) is 5.24. The van der Waals surface area contributed by atoms with Gasteiger partial charge in [-0.2, -0.15) is 0 Å². The molecule has 0 saturated heterocycles. The lowest BCUT2D eigenvalue weighted by atomic mass is 10.2. The standard InChI is InChI=1S/C14H14ClNOS/c1-17-13-4-2-3-5-14(13)18-9-10-8-11(15)6-7-12(10)16/h2-8H,9,16H2,1H3. The first-order valence-electron chi connectivity index (χ1n) is 5.50. The fourth-order valence-corrected chi connectivity index (χ4v) is 2.82. The van der Waals surface area contributed by atoms with Gasteiger partial charge >= 0.3 is 0 Å². The number of nitrogens with two attached hydrogens (primary N) is 1. The highest BCUT2D eigenvalue weighted by Crippen LogP contribution is 2.33. The quantitative estimate of drug-likeness (QED) is 0.672. The van der Waals surface area contributed by atoms with Crippen LogP contribution in [0.2, 0.25) is 5.02 Å². The molecule has 2 rings (SSSR count). The van der Waals surface area contributed by atoms with Gasteiger partial charge < -0.3 is 10.5 Å².